The van der Waals surface area contributed by atoms with E-state index in [2.05, 4.69) is 25.4 Å². The first kappa shape index (κ1) is 14.6. The zero-order valence-corrected chi connectivity index (χ0v) is 13.4. The normalized spacial score (nSPS) is 13.2. The number of hydrogen-bond donors (Lipinski definition) is 1. The van der Waals surface area contributed by atoms with Gasteiger partial charge in [0.05, 0.1) is 18.8 Å². The molecule has 1 aliphatic heterocycles. The molecule has 122 valence electrons. The zero-order valence-electron chi connectivity index (χ0n) is 13.4. The molecule has 1 N–H and O–H groups in total. The zero-order chi connectivity index (χ0) is 16.4. The van der Waals surface area contributed by atoms with Crippen LogP contribution in [0.1, 0.15) is 17.8 Å². The number of anilines is 1. The molecule has 7 nitrogen and oxygen atoms in total. The Labute approximate surface area is 139 Å². The van der Waals surface area contributed by atoms with Crippen LogP contribution in [0.3, 0.4) is 0 Å². The molecule has 0 atom stereocenters. The van der Waals surface area contributed by atoms with E-state index in [0.717, 1.165) is 48.4 Å². The topological polar surface area (TPSA) is 77.8 Å². The van der Waals surface area contributed by atoms with E-state index in [4.69, 9.17) is 4.74 Å². The van der Waals surface area contributed by atoms with Gasteiger partial charge in [-0.15, -0.1) is 0 Å². The second-order valence-electron chi connectivity index (χ2n) is 5.69. The summed E-state index contributed by atoms with van der Waals surface area (Å²) >= 11 is 0. The van der Waals surface area contributed by atoms with Gasteiger partial charge in [0.1, 0.15) is 11.5 Å². The Kier molecular flexibility index (Phi) is 3.82. The van der Waals surface area contributed by atoms with Crippen molar-refractivity contribution in [3.63, 3.8) is 0 Å². The van der Waals surface area contributed by atoms with E-state index in [1.165, 1.54) is 0 Å². The molecular formula is C17H18N6O. The van der Waals surface area contributed by atoms with E-state index < -0.39 is 0 Å². The molecule has 0 fully saturated rings. The van der Waals surface area contributed by atoms with Crippen molar-refractivity contribution in [2.45, 2.75) is 26.4 Å². The molecule has 3 aromatic heterocycles. The molecule has 0 radical (unpaired) electrons. The monoisotopic (exact) mass is 322 g/mol. The third kappa shape index (κ3) is 3.05. The molecule has 0 aromatic carbocycles. The van der Waals surface area contributed by atoms with Crippen LogP contribution in [-0.4, -0.2) is 31.3 Å². The largest absolute Gasteiger partial charge is 0.478 e. The Bertz CT molecular complexity index is 822. The molecule has 0 spiro atoms. The molecule has 7 heteroatoms. The third-order valence-corrected chi connectivity index (χ3v) is 3.76. The van der Waals surface area contributed by atoms with Crippen LogP contribution in [0, 0.1) is 6.92 Å². The van der Waals surface area contributed by atoms with Crippen LogP contribution in [0.25, 0.3) is 11.5 Å². The van der Waals surface area contributed by atoms with Crippen molar-refractivity contribution < 1.29 is 4.74 Å². The number of fused-ring (bicyclic) bond motifs is 1. The number of nitrogens with zero attached hydrogens (tertiary/aromatic N) is 5. The van der Waals surface area contributed by atoms with Gasteiger partial charge in [0.25, 0.3) is 0 Å². The Morgan fingerprint density at radius 2 is 2.21 bits per heavy atom. The van der Waals surface area contributed by atoms with E-state index in [1.807, 2.05) is 41.9 Å². The number of hydrogen-bond acceptors (Lipinski definition) is 6. The van der Waals surface area contributed by atoms with E-state index >= 15 is 0 Å². The number of aromatic nitrogens is 5. The Morgan fingerprint density at radius 1 is 1.25 bits per heavy atom. The van der Waals surface area contributed by atoms with Crippen LogP contribution in [0.5, 0.6) is 5.88 Å². The maximum atomic E-state index is 5.59. The molecule has 3 aromatic rings. The first-order chi connectivity index (χ1) is 11.8. The van der Waals surface area contributed by atoms with Crippen LogP contribution >= 0.6 is 0 Å². The lowest BCUT2D eigenvalue weighted by Crippen LogP contribution is -2.14. The molecule has 0 saturated heterocycles. The molecule has 0 bridgehead atoms. The molecule has 0 amide bonds. The summed E-state index contributed by atoms with van der Waals surface area (Å²) in [6.45, 7) is 4.20. The number of ether oxygens (including phenoxy) is 1. The summed E-state index contributed by atoms with van der Waals surface area (Å²) < 4.78 is 7.50. The van der Waals surface area contributed by atoms with E-state index in [0.29, 0.717) is 12.4 Å². The van der Waals surface area contributed by atoms with E-state index in [9.17, 15) is 0 Å². The summed E-state index contributed by atoms with van der Waals surface area (Å²) in [4.78, 5) is 13.3. The van der Waals surface area contributed by atoms with Gasteiger partial charge in [0.2, 0.25) is 5.88 Å². The quantitative estimate of drug-likeness (QED) is 0.795. The summed E-state index contributed by atoms with van der Waals surface area (Å²) in [5.41, 5.74) is 2.58. The van der Waals surface area contributed by atoms with Gasteiger partial charge >= 0.3 is 0 Å². The van der Waals surface area contributed by atoms with Gasteiger partial charge in [-0.1, -0.05) is 6.07 Å². The maximum absolute atomic E-state index is 5.59. The third-order valence-electron chi connectivity index (χ3n) is 3.76. The summed E-state index contributed by atoms with van der Waals surface area (Å²) in [5.74, 6) is 2.21. The van der Waals surface area contributed by atoms with Crippen molar-refractivity contribution in [3.05, 3.63) is 47.9 Å². The lowest BCUT2D eigenvalue weighted by Gasteiger charge is -2.13. The minimum Gasteiger partial charge on any atom is -0.478 e. The average molecular weight is 322 g/mol. The highest BCUT2D eigenvalue weighted by Gasteiger charge is 2.13. The van der Waals surface area contributed by atoms with Crippen molar-refractivity contribution in [3.8, 4) is 17.4 Å². The molecule has 0 saturated carbocycles. The average Bonchev–Trinajstić information content (AvgIpc) is 3.03. The molecule has 0 unspecified atom stereocenters. The SMILES string of the molecule is Cc1cc(NCc2cc3n(n2)CCCO3)nc(-c2ccccn2)n1. The van der Waals surface area contributed by atoms with Crippen molar-refractivity contribution in [1.29, 1.82) is 0 Å². The predicted octanol–water partition coefficient (Wildman–Crippen LogP) is 2.44. The van der Waals surface area contributed by atoms with Crippen LogP contribution in [0.4, 0.5) is 5.82 Å². The van der Waals surface area contributed by atoms with Gasteiger partial charge in [0.15, 0.2) is 5.82 Å². The fourth-order valence-corrected chi connectivity index (χ4v) is 2.65. The van der Waals surface area contributed by atoms with E-state index in [-0.39, 0.29) is 0 Å². The highest BCUT2D eigenvalue weighted by Crippen LogP contribution is 2.20. The molecular weight excluding hydrogens is 304 g/mol. The van der Waals surface area contributed by atoms with Crippen LogP contribution in [0.2, 0.25) is 0 Å². The number of nitrogens with one attached hydrogen (secondary N) is 1. The highest BCUT2D eigenvalue weighted by atomic mass is 16.5. The van der Waals surface area contributed by atoms with Crippen LogP contribution in [0.15, 0.2) is 36.5 Å². The van der Waals surface area contributed by atoms with Gasteiger partial charge in [-0.3, -0.25) is 4.98 Å². The summed E-state index contributed by atoms with van der Waals surface area (Å²) in [6, 6.07) is 9.59. The molecule has 0 aliphatic carbocycles. The first-order valence-corrected chi connectivity index (χ1v) is 7.98. The van der Waals surface area contributed by atoms with Crippen LogP contribution < -0.4 is 10.1 Å². The predicted molar refractivity (Wildman–Crippen MR) is 89.7 cm³/mol. The first-order valence-electron chi connectivity index (χ1n) is 7.98. The smallest absolute Gasteiger partial charge is 0.212 e. The van der Waals surface area contributed by atoms with Crippen molar-refractivity contribution >= 4 is 5.82 Å². The second kappa shape index (κ2) is 6.27. The maximum Gasteiger partial charge on any atom is 0.212 e. The summed E-state index contributed by atoms with van der Waals surface area (Å²) in [6.07, 6.45) is 2.74. The van der Waals surface area contributed by atoms with Gasteiger partial charge in [-0.2, -0.15) is 5.10 Å². The number of pyridine rings is 1. The fourth-order valence-electron chi connectivity index (χ4n) is 2.65. The van der Waals surface area contributed by atoms with Crippen molar-refractivity contribution in [2.75, 3.05) is 11.9 Å². The fraction of sp³-hybridized carbons (Fsp3) is 0.294. The standard InChI is InChI=1S/C17H18N6O/c1-12-9-15(21-17(20-12)14-5-2-3-6-18-14)19-11-13-10-16-23(22-13)7-4-8-24-16/h2-3,5-6,9-10H,4,7-8,11H2,1H3,(H,19,20,21). The second-order valence-corrected chi connectivity index (χ2v) is 5.69. The van der Waals surface area contributed by atoms with Gasteiger partial charge in [-0.05, 0) is 19.1 Å². The Morgan fingerprint density at radius 3 is 3.04 bits per heavy atom. The summed E-state index contributed by atoms with van der Waals surface area (Å²) in [7, 11) is 0. The van der Waals surface area contributed by atoms with Gasteiger partial charge in [0, 0.05) is 37.0 Å². The van der Waals surface area contributed by atoms with Crippen molar-refractivity contribution in [2.24, 2.45) is 0 Å². The molecule has 24 heavy (non-hydrogen) atoms. The minimum atomic E-state index is 0.585. The summed E-state index contributed by atoms with van der Waals surface area (Å²) in [5, 5.41) is 7.85. The Hall–Kier alpha value is -2.96. The van der Waals surface area contributed by atoms with Gasteiger partial charge in [-0.25, -0.2) is 14.6 Å². The Balaban J connectivity index is 1.52. The number of aryl methyl sites for hydroxylation is 2. The lowest BCUT2D eigenvalue weighted by molar-refractivity contribution is 0.230. The molecule has 4 rings (SSSR count). The number of rotatable bonds is 4. The highest BCUT2D eigenvalue weighted by molar-refractivity contribution is 5.52. The molecule has 1 aliphatic rings. The van der Waals surface area contributed by atoms with Crippen LogP contribution in [-0.2, 0) is 13.1 Å². The minimum absolute atomic E-state index is 0.585. The van der Waals surface area contributed by atoms with Crippen molar-refractivity contribution in [1.82, 2.24) is 24.7 Å². The van der Waals surface area contributed by atoms with E-state index in [1.54, 1.807) is 6.20 Å². The van der Waals surface area contributed by atoms with Gasteiger partial charge < -0.3 is 10.1 Å². The lowest BCUT2D eigenvalue weighted by atomic mass is 10.3. The molecule has 4 heterocycles.